The second-order valence-electron chi connectivity index (χ2n) is 7.63. The first-order valence-electron chi connectivity index (χ1n) is 10.4. The van der Waals surface area contributed by atoms with Crippen LogP contribution in [0.1, 0.15) is 16.0 Å². The maximum atomic E-state index is 13.4. The fourth-order valence-corrected chi connectivity index (χ4v) is 4.58. The molecule has 0 aliphatic carbocycles. The Morgan fingerprint density at radius 3 is 2.44 bits per heavy atom. The summed E-state index contributed by atoms with van der Waals surface area (Å²) in [4.78, 5) is 30.3. The molecule has 3 rings (SSSR count). The third kappa shape index (κ3) is 7.06. The van der Waals surface area contributed by atoms with Gasteiger partial charge in [0, 0.05) is 23.0 Å². The third-order valence-corrected chi connectivity index (χ3v) is 6.63. The van der Waals surface area contributed by atoms with Gasteiger partial charge < -0.3 is 15.1 Å². The summed E-state index contributed by atoms with van der Waals surface area (Å²) in [6, 6.07) is 12.2. The summed E-state index contributed by atoms with van der Waals surface area (Å²) < 4.78 is 13.4. The minimum Gasteiger partial charge on any atom is -0.332 e. The number of aryl methyl sites for hydroxylation is 1. The molecule has 0 spiro atoms. The van der Waals surface area contributed by atoms with Crippen LogP contribution < -0.4 is 5.32 Å². The van der Waals surface area contributed by atoms with Gasteiger partial charge >= 0.3 is 6.03 Å². The van der Waals surface area contributed by atoms with Crippen LogP contribution in [0.3, 0.4) is 0 Å². The number of benzene rings is 2. The summed E-state index contributed by atoms with van der Waals surface area (Å²) in [5.41, 5.74) is 2.26. The standard InChI is InChI=1S/C25H24Cl2FN3O2S/c1-3-11-30(25(33)29-22-9-6-19(26)13-21(22)27)16-24(32)31(15-23-17(2)10-12-34-23)14-18-4-7-20(28)8-5-18/h3-10,12-13H,1,11,14-16H2,2H3,(H,29,33). The van der Waals surface area contributed by atoms with Crippen molar-refractivity contribution in [3.8, 4) is 0 Å². The molecule has 0 aliphatic heterocycles. The molecule has 0 saturated heterocycles. The molecule has 0 bridgehead atoms. The summed E-state index contributed by atoms with van der Waals surface area (Å²) in [5.74, 6) is -0.596. The first-order chi connectivity index (χ1) is 16.3. The molecule has 1 N–H and O–H groups in total. The fraction of sp³-hybridized carbons (Fsp3) is 0.200. The van der Waals surface area contributed by atoms with Crippen molar-refractivity contribution in [3.63, 3.8) is 0 Å². The highest BCUT2D eigenvalue weighted by molar-refractivity contribution is 7.10. The van der Waals surface area contributed by atoms with E-state index >= 15 is 0 Å². The van der Waals surface area contributed by atoms with Crippen molar-refractivity contribution in [3.05, 3.63) is 98.4 Å². The molecule has 0 atom stereocenters. The van der Waals surface area contributed by atoms with Crippen LogP contribution in [0.25, 0.3) is 0 Å². The molecule has 2 aromatic carbocycles. The van der Waals surface area contributed by atoms with Crippen molar-refractivity contribution in [2.45, 2.75) is 20.0 Å². The quantitative estimate of drug-likeness (QED) is 0.318. The highest BCUT2D eigenvalue weighted by atomic mass is 35.5. The van der Waals surface area contributed by atoms with Crippen LogP contribution in [-0.2, 0) is 17.9 Å². The first kappa shape index (κ1) is 25.7. The van der Waals surface area contributed by atoms with Crippen molar-refractivity contribution in [2.75, 3.05) is 18.4 Å². The lowest BCUT2D eigenvalue weighted by molar-refractivity contribution is -0.132. The molecule has 34 heavy (non-hydrogen) atoms. The van der Waals surface area contributed by atoms with Gasteiger partial charge in [0.2, 0.25) is 5.91 Å². The van der Waals surface area contributed by atoms with Crippen molar-refractivity contribution in [1.29, 1.82) is 0 Å². The van der Waals surface area contributed by atoms with E-state index in [0.29, 0.717) is 17.3 Å². The maximum absolute atomic E-state index is 13.4. The molecule has 1 aromatic heterocycles. The number of carbonyl (C=O) groups excluding carboxylic acids is 2. The van der Waals surface area contributed by atoms with Crippen molar-refractivity contribution in [2.24, 2.45) is 0 Å². The number of rotatable bonds is 9. The van der Waals surface area contributed by atoms with Gasteiger partial charge in [-0.1, -0.05) is 41.4 Å². The molecule has 0 aliphatic rings. The smallest absolute Gasteiger partial charge is 0.322 e. The van der Waals surface area contributed by atoms with E-state index in [1.54, 1.807) is 46.6 Å². The Bertz CT molecular complexity index is 1170. The van der Waals surface area contributed by atoms with Gasteiger partial charge in [-0.2, -0.15) is 0 Å². The van der Waals surface area contributed by atoms with E-state index in [2.05, 4.69) is 11.9 Å². The third-order valence-electron chi connectivity index (χ3n) is 5.08. The fourth-order valence-electron chi connectivity index (χ4n) is 3.21. The van der Waals surface area contributed by atoms with Crippen LogP contribution in [0, 0.1) is 12.7 Å². The average molecular weight is 520 g/mol. The van der Waals surface area contributed by atoms with E-state index < -0.39 is 6.03 Å². The molecule has 178 valence electrons. The van der Waals surface area contributed by atoms with Crippen LogP contribution in [-0.4, -0.2) is 34.8 Å². The molecule has 3 amide bonds. The molecule has 9 heteroatoms. The number of anilines is 1. The summed E-state index contributed by atoms with van der Waals surface area (Å²) in [5, 5.41) is 5.42. The van der Waals surface area contributed by atoms with Gasteiger partial charge in [0.1, 0.15) is 12.4 Å². The van der Waals surface area contributed by atoms with Crippen LogP contribution in [0.4, 0.5) is 14.9 Å². The van der Waals surface area contributed by atoms with E-state index in [-0.39, 0.29) is 36.4 Å². The number of halogens is 3. The number of carbonyl (C=O) groups is 2. The lowest BCUT2D eigenvalue weighted by atomic mass is 10.2. The Kier molecular flexibility index (Phi) is 9.10. The SMILES string of the molecule is C=CCN(CC(=O)N(Cc1ccc(F)cc1)Cc1sccc1C)C(=O)Nc1ccc(Cl)cc1Cl. The van der Waals surface area contributed by atoms with E-state index in [4.69, 9.17) is 23.2 Å². The summed E-state index contributed by atoms with van der Waals surface area (Å²) in [7, 11) is 0. The van der Waals surface area contributed by atoms with Crippen LogP contribution in [0.15, 0.2) is 66.6 Å². The molecule has 5 nitrogen and oxygen atoms in total. The minimum atomic E-state index is -0.494. The first-order valence-corrected chi connectivity index (χ1v) is 12.1. The molecular formula is C25H24Cl2FN3O2S. The monoisotopic (exact) mass is 519 g/mol. The highest BCUT2D eigenvalue weighted by Gasteiger charge is 2.22. The zero-order valence-corrected chi connectivity index (χ0v) is 20.9. The molecule has 0 saturated carbocycles. The second kappa shape index (κ2) is 12.0. The number of amides is 3. The van der Waals surface area contributed by atoms with E-state index in [1.807, 2.05) is 18.4 Å². The lowest BCUT2D eigenvalue weighted by Gasteiger charge is -2.27. The van der Waals surface area contributed by atoms with Gasteiger partial charge in [-0.15, -0.1) is 17.9 Å². The predicted molar refractivity (Wildman–Crippen MR) is 137 cm³/mol. The number of nitrogens with zero attached hydrogens (tertiary/aromatic N) is 2. The molecule has 3 aromatic rings. The Labute approximate surface area is 212 Å². The largest absolute Gasteiger partial charge is 0.332 e. The van der Waals surface area contributed by atoms with E-state index in [9.17, 15) is 14.0 Å². The van der Waals surface area contributed by atoms with E-state index in [1.165, 1.54) is 23.1 Å². The zero-order chi connectivity index (χ0) is 24.7. The summed E-state index contributed by atoms with van der Waals surface area (Å²) in [6.07, 6.45) is 1.55. The molecule has 1 heterocycles. The second-order valence-corrected chi connectivity index (χ2v) is 9.47. The number of thiophene rings is 1. The number of nitrogens with one attached hydrogen (secondary N) is 1. The topological polar surface area (TPSA) is 52.7 Å². The highest BCUT2D eigenvalue weighted by Crippen LogP contribution is 2.26. The van der Waals surface area contributed by atoms with Crippen molar-refractivity contribution in [1.82, 2.24) is 9.80 Å². The molecular weight excluding hydrogens is 496 g/mol. The van der Waals surface area contributed by atoms with E-state index in [0.717, 1.165) is 16.0 Å². The average Bonchev–Trinajstić information content (AvgIpc) is 3.20. The van der Waals surface area contributed by atoms with Gasteiger partial charge in [0.15, 0.2) is 0 Å². The number of hydrogen-bond acceptors (Lipinski definition) is 3. The predicted octanol–water partition coefficient (Wildman–Crippen LogP) is 6.75. The summed E-state index contributed by atoms with van der Waals surface area (Å²) >= 11 is 13.7. The van der Waals surface area contributed by atoms with Crippen LogP contribution in [0.5, 0.6) is 0 Å². The Balaban J connectivity index is 1.77. The van der Waals surface area contributed by atoms with Gasteiger partial charge in [-0.3, -0.25) is 4.79 Å². The summed E-state index contributed by atoms with van der Waals surface area (Å²) in [6.45, 7) is 6.33. The van der Waals surface area contributed by atoms with Gasteiger partial charge in [-0.25, -0.2) is 9.18 Å². The number of hydrogen-bond donors (Lipinski definition) is 1. The minimum absolute atomic E-state index is 0.158. The Morgan fingerprint density at radius 1 is 1.09 bits per heavy atom. The van der Waals surface area contributed by atoms with Crippen LogP contribution >= 0.6 is 34.5 Å². The molecule has 0 fully saturated rings. The van der Waals surface area contributed by atoms with Crippen molar-refractivity contribution < 1.29 is 14.0 Å². The van der Waals surface area contributed by atoms with Gasteiger partial charge in [0.05, 0.1) is 17.3 Å². The Morgan fingerprint density at radius 2 is 1.82 bits per heavy atom. The Hall–Kier alpha value is -2.87. The molecule has 0 radical (unpaired) electrons. The maximum Gasteiger partial charge on any atom is 0.322 e. The zero-order valence-electron chi connectivity index (χ0n) is 18.6. The normalized spacial score (nSPS) is 10.6. The van der Waals surface area contributed by atoms with Gasteiger partial charge in [-0.05, 0) is 59.8 Å². The van der Waals surface area contributed by atoms with Crippen LogP contribution in [0.2, 0.25) is 10.0 Å². The lowest BCUT2D eigenvalue weighted by Crippen LogP contribution is -2.44. The molecule has 0 unspecified atom stereocenters. The van der Waals surface area contributed by atoms with Crippen molar-refractivity contribution >= 4 is 52.2 Å². The van der Waals surface area contributed by atoms with Gasteiger partial charge in [0.25, 0.3) is 0 Å². The number of urea groups is 1.